The van der Waals surface area contributed by atoms with Gasteiger partial charge in [-0.15, -0.1) is 0 Å². The number of hydrogen-bond acceptors (Lipinski definition) is 7. The third kappa shape index (κ3) is 5.18. The van der Waals surface area contributed by atoms with Gasteiger partial charge in [0.05, 0.1) is 30.4 Å². The van der Waals surface area contributed by atoms with E-state index in [4.69, 9.17) is 14.2 Å². The lowest BCUT2D eigenvalue weighted by molar-refractivity contribution is 0.0600. The molecule has 29 heavy (non-hydrogen) atoms. The Balaban J connectivity index is 2.56. The average Bonchev–Trinajstić information content (AvgIpc) is 2.69. The van der Waals surface area contributed by atoms with Crippen LogP contribution in [0, 0.1) is 22.7 Å². The molecule has 7 nitrogen and oxygen atoms in total. The molecule has 2 aromatic carbocycles. The van der Waals surface area contributed by atoms with Gasteiger partial charge >= 0.3 is 5.97 Å². The summed E-state index contributed by atoms with van der Waals surface area (Å²) >= 11 is 0. The van der Waals surface area contributed by atoms with Crippen LogP contribution in [0.3, 0.4) is 0 Å². The molecule has 0 aromatic heterocycles. The molecule has 150 valence electrons. The lowest BCUT2D eigenvalue weighted by atomic mass is 10.1. The Morgan fingerprint density at radius 1 is 0.931 bits per heavy atom. The number of carbonyl (C=O) groups excluding carboxylic acids is 1. The summed E-state index contributed by atoms with van der Waals surface area (Å²) in [7, 11) is 1.29. The summed E-state index contributed by atoms with van der Waals surface area (Å²) in [6.07, 6.45) is -0.406. The average molecular weight is 394 g/mol. The molecule has 0 aliphatic carbocycles. The fourth-order valence-corrected chi connectivity index (χ4v) is 2.50. The van der Waals surface area contributed by atoms with E-state index in [9.17, 15) is 15.3 Å². The second-order valence-electron chi connectivity index (χ2n) is 6.63. The number of hydrogen-bond donors (Lipinski definition) is 0. The molecule has 0 bridgehead atoms. The van der Waals surface area contributed by atoms with Crippen molar-refractivity contribution in [2.24, 2.45) is 0 Å². The molecule has 0 spiro atoms. The molecule has 0 saturated carbocycles. The molecule has 0 amide bonds. The summed E-state index contributed by atoms with van der Waals surface area (Å²) in [6, 6.07) is 11.8. The Kier molecular flexibility index (Phi) is 7.05. The van der Waals surface area contributed by atoms with Crippen LogP contribution in [0.1, 0.15) is 49.2 Å². The van der Waals surface area contributed by atoms with Crippen molar-refractivity contribution in [3.05, 3.63) is 47.0 Å². The SMILES string of the molecule is COC(=O)c1ccc(Oc2c(C#N)cc(OC(C)C)c(OC(C)C)c2C#N)cc1. The minimum atomic E-state index is -0.477. The molecule has 2 rings (SSSR count). The van der Waals surface area contributed by atoms with Gasteiger partial charge in [0, 0.05) is 6.07 Å². The highest BCUT2D eigenvalue weighted by molar-refractivity contribution is 5.89. The maximum atomic E-state index is 11.6. The molecule has 0 aliphatic heterocycles. The van der Waals surface area contributed by atoms with Gasteiger partial charge in [0.2, 0.25) is 0 Å². The van der Waals surface area contributed by atoms with E-state index >= 15 is 0 Å². The zero-order valence-corrected chi connectivity index (χ0v) is 17.0. The zero-order chi connectivity index (χ0) is 21.6. The van der Waals surface area contributed by atoms with E-state index in [1.165, 1.54) is 25.3 Å². The lowest BCUT2D eigenvalue weighted by Crippen LogP contribution is -2.13. The molecule has 0 N–H and O–H groups in total. The van der Waals surface area contributed by atoms with Gasteiger partial charge in [0.25, 0.3) is 0 Å². The van der Waals surface area contributed by atoms with Crippen molar-refractivity contribution in [2.75, 3.05) is 7.11 Å². The number of esters is 1. The maximum absolute atomic E-state index is 11.6. The van der Waals surface area contributed by atoms with Gasteiger partial charge in [-0.25, -0.2) is 4.79 Å². The fourth-order valence-electron chi connectivity index (χ4n) is 2.50. The Hall–Kier alpha value is -3.71. The number of nitriles is 2. The highest BCUT2D eigenvalue weighted by Crippen LogP contribution is 2.42. The second kappa shape index (κ2) is 9.48. The summed E-state index contributed by atoms with van der Waals surface area (Å²) in [5, 5.41) is 19.4. The van der Waals surface area contributed by atoms with Crippen molar-refractivity contribution in [1.29, 1.82) is 10.5 Å². The van der Waals surface area contributed by atoms with Crippen LogP contribution in [-0.4, -0.2) is 25.3 Å². The molecule has 0 atom stereocenters. The summed E-state index contributed by atoms with van der Waals surface area (Å²) in [4.78, 5) is 11.6. The van der Waals surface area contributed by atoms with E-state index in [2.05, 4.69) is 10.8 Å². The van der Waals surface area contributed by atoms with Crippen molar-refractivity contribution >= 4 is 5.97 Å². The minimum absolute atomic E-state index is 0.0606. The number of rotatable bonds is 7. The summed E-state index contributed by atoms with van der Waals surface area (Å²) in [5.74, 6) is 0.451. The highest BCUT2D eigenvalue weighted by Gasteiger charge is 2.24. The number of carbonyl (C=O) groups is 1. The standard InChI is InChI=1S/C22H22N2O5/c1-13(2)27-19-10-16(11-23)20(18(12-24)21(19)28-14(3)4)29-17-8-6-15(7-9-17)22(25)26-5/h6-10,13-14H,1-5H3. The Morgan fingerprint density at radius 3 is 2.03 bits per heavy atom. The predicted octanol–water partition coefficient (Wildman–Crippen LogP) is 4.58. The quantitative estimate of drug-likeness (QED) is 0.633. The molecule has 0 unspecified atom stereocenters. The van der Waals surface area contributed by atoms with E-state index in [0.717, 1.165) is 0 Å². The monoisotopic (exact) mass is 394 g/mol. The summed E-state index contributed by atoms with van der Waals surface area (Å²) in [6.45, 7) is 7.32. The van der Waals surface area contributed by atoms with Gasteiger partial charge in [-0.2, -0.15) is 10.5 Å². The minimum Gasteiger partial charge on any atom is -0.487 e. The van der Waals surface area contributed by atoms with Crippen LogP contribution in [-0.2, 0) is 4.74 Å². The van der Waals surface area contributed by atoms with Crippen LogP contribution in [0.5, 0.6) is 23.0 Å². The molecule has 7 heteroatoms. The lowest BCUT2D eigenvalue weighted by Gasteiger charge is -2.20. The van der Waals surface area contributed by atoms with Crippen molar-refractivity contribution in [3.63, 3.8) is 0 Å². The maximum Gasteiger partial charge on any atom is 0.337 e. The highest BCUT2D eigenvalue weighted by atomic mass is 16.5. The number of benzene rings is 2. The largest absolute Gasteiger partial charge is 0.487 e. The molecule has 0 radical (unpaired) electrons. The van der Waals surface area contributed by atoms with Gasteiger partial charge in [-0.05, 0) is 52.0 Å². The molecule has 0 heterocycles. The summed E-state index contributed by atoms with van der Waals surface area (Å²) in [5.41, 5.74) is 0.543. The Morgan fingerprint density at radius 2 is 1.55 bits per heavy atom. The number of ether oxygens (including phenoxy) is 4. The van der Waals surface area contributed by atoms with Gasteiger partial charge in [0.1, 0.15) is 23.5 Å². The first-order chi connectivity index (χ1) is 13.8. The molecule has 2 aromatic rings. The molecular weight excluding hydrogens is 372 g/mol. The normalized spacial score (nSPS) is 10.2. The second-order valence-corrected chi connectivity index (χ2v) is 6.63. The van der Waals surface area contributed by atoms with Crippen molar-refractivity contribution in [3.8, 4) is 35.1 Å². The fraction of sp³-hybridized carbons (Fsp3) is 0.318. The van der Waals surface area contributed by atoms with E-state index in [0.29, 0.717) is 17.1 Å². The van der Waals surface area contributed by atoms with E-state index in [-0.39, 0.29) is 34.8 Å². The third-order valence-corrected chi connectivity index (χ3v) is 3.64. The van der Waals surface area contributed by atoms with Crippen LogP contribution in [0.2, 0.25) is 0 Å². The van der Waals surface area contributed by atoms with Gasteiger partial charge in [-0.1, -0.05) is 0 Å². The van der Waals surface area contributed by atoms with Crippen LogP contribution >= 0.6 is 0 Å². The van der Waals surface area contributed by atoms with Gasteiger partial charge < -0.3 is 18.9 Å². The third-order valence-electron chi connectivity index (χ3n) is 3.64. The molecular formula is C22H22N2O5. The zero-order valence-electron chi connectivity index (χ0n) is 17.0. The first kappa shape index (κ1) is 21.6. The van der Waals surface area contributed by atoms with Crippen LogP contribution in [0.15, 0.2) is 30.3 Å². The Labute approximate surface area is 170 Å². The smallest absolute Gasteiger partial charge is 0.337 e. The van der Waals surface area contributed by atoms with E-state index in [1.807, 2.05) is 33.8 Å². The van der Waals surface area contributed by atoms with Crippen LogP contribution < -0.4 is 14.2 Å². The van der Waals surface area contributed by atoms with Gasteiger partial charge in [0.15, 0.2) is 17.2 Å². The van der Waals surface area contributed by atoms with Crippen molar-refractivity contribution in [2.45, 2.75) is 39.9 Å². The van der Waals surface area contributed by atoms with E-state index in [1.54, 1.807) is 12.1 Å². The first-order valence-electron chi connectivity index (χ1n) is 9.01. The van der Waals surface area contributed by atoms with Gasteiger partial charge in [-0.3, -0.25) is 0 Å². The molecule has 0 fully saturated rings. The first-order valence-corrected chi connectivity index (χ1v) is 9.01. The Bertz CT molecular complexity index is 967. The molecule has 0 saturated heterocycles. The molecule has 0 aliphatic rings. The van der Waals surface area contributed by atoms with E-state index < -0.39 is 5.97 Å². The van der Waals surface area contributed by atoms with Crippen LogP contribution in [0.25, 0.3) is 0 Å². The van der Waals surface area contributed by atoms with Crippen molar-refractivity contribution < 1.29 is 23.7 Å². The topological polar surface area (TPSA) is 102 Å². The number of nitrogens with zero attached hydrogens (tertiary/aromatic N) is 2. The van der Waals surface area contributed by atoms with Crippen LogP contribution in [0.4, 0.5) is 0 Å². The van der Waals surface area contributed by atoms with Crippen molar-refractivity contribution in [1.82, 2.24) is 0 Å². The summed E-state index contributed by atoms with van der Waals surface area (Å²) < 4.78 is 22.1. The predicted molar refractivity (Wildman–Crippen MR) is 105 cm³/mol. The number of methoxy groups -OCH3 is 1.